The van der Waals surface area contributed by atoms with E-state index in [4.69, 9.17) is 33.2 Å². The molecular weight excluding hydrogens is 924 g/mol. The molecule has 4 aromatic rings. The van der Waals surface area contributed by atoms with Crippen molar-refractivity contribution in [2.24, 2.45) is 0 Å². The lowest BCUT2D eigenvalue weighted by molar-refractivity contribution is -0.323. The summed E-state index contributed by atoms with van der Waals surface area (Å²) in [6, 6.07) is 2.38. The Labute approximate surface area is 373 Å². The number of hydrogen-bond donors (Lipinski definition) is 14. The SMILES string of the molecule is O=C1O[C@H]2[C@H](OC(=O)c3cc(O)c(O)c(O)c3)O[C@@H]3COC(=O)c4cc(O)c(O)c(O)c4-c4c(cc(O)c(O)c4O)C(=O)O[C@H]2[C@H]3OC(=O)c2cc(O)c(O)c3c2C2C1=CC(=O)C(O)(O)C2(O)O3. The van der Waals surface area contributed by atoms with Gasteiger partial charge in [-0.15, -0.1) is 0 Å². The fourth-order valence-corrected chi connectivity index (χ4v) is 8.26. The Kier molecular flexibility index (Phi) is 9.64. The number of aromatic hydroxyl groups is 11. The van der Waals surface area contributed by atoms with Gasteiger partial charge in [-0.1, -0.05) is 0 Å². The number of esters is 5. The van der Waals surface area contributed by atoms with E-state index in [-0.39, 0.29) is 6.08 Å². The van der Waals surface area contributed by atoms with Crippen molar-refractivity contribution in [3.05, 3.63) is 69.8 Å². The van der Waals surface area contributed by atoms with Gasteiger partial charge in [0.05, 0.1) is 33.7 Å². The number of carbonyl (C=O) groups excluding carboxylic acids is 6. The van der Waals surface area contributed by atoms with Crippen molar-refractivity contribution < 1.29 is 133 Å². The number of benzene rings is 4. The maximum atomic E-state index is 14.6. The van der Waals surface area contributed by atoms with E-state index in [1.165, 1.54) is 0 Å². The first-order chi connectivity index (χ1) is 31.9. The highest BCUT2D eigenvalue weighted by atomic mass is 16.8. The second-order valence-electron chi connectivity index (χ2n) is 15.5. The van der Waals surface area contributed by atoms with Gasteiger partial charge in [-0.3, -0.25) is 4.79 Å². The quantitative estimate of drug-likeness (QED) is 0.0491. The lowest BCUT2D eigenvalue weighted by Crippen LogP contribution is -2.66. The van der Waals surface area contributed by atoms with Gasteiger partial charge >= 0.3 is 29.8 Å². The van der Waals surface area contributed by atoms with E-state index in [1.807, 2.05) is 0 Å². The topological polar surface area (TPSA) is 450 Å². The van der Waals surface area contributed by atoms with E-state index in [1.54, 1.807) is 0 Å². The summed E-state index contributed by atoms with van der Waals surface area (Å²) in [6.07, 6.45) is -12.1. The third-order valence-electron chi connectivity index (χ3n) is 11.5. The first kappa shape index (κ1) is 44.3. The zero-order valence-electron chi connectivity index (χ0n) is 33.2. The van der Waals surface area contributed by atoms with Crippen molar-refractivity contribution in [2.45, 2.75) is 48.2 Å². The first-order valence-electron chi connectivity index (χ1n) is 19.1. The van der Waals surface area contributed by atoms with Gasteiger partial charge in [0.2, 0.25) is 35.4 Å². The first-order valence-corrected chi connectivity index (χ1v) is 19.1. The molecule has 354 valence electrons. The predicted octanol–water partition coefficient (Wildman–Crippen LogP) is -1.10. The minimum atomic E-state index is -4.03. The number of ether oxygens (including phenoxy) is 7. The van der Waals surface area contributed by atoms with Crippen molar-refractivity contribution >= 4 is 35.6 Å². The standard InChI is InChI=1S/C41H28O27/c42-13-1-8(2-14(43)24(13)48)34(54)67-39-33-32-30(64-37(57)11-5-17(46)27(51)31-22(11)23-12(38(58)66-33)6-19(47)40(59,60)41(23,61)68-31)18(63-39)7-62-35(55)9-3-15(44)25(49)28(52)20(9)21-10(36(56)65-32)4-16(45)26(50)29(21)53/h1-6,18,23,30,32-33,39,42-46,48-53,59-61H,7H2/t18-,23?,30+,32+,33-,39+,41?/m1/s1. The zero-order chi connectivity index (χ0) is 49.4. The summed E-state index contributed by atoms with van der Waals surface area (Å²) in [5.74, 6) is -36.3. The zero-order valence-corrected chi connectivity index (χ0v) is 33.2. The number of phenols is 11. The van der Waals surface area contributed by atoms with Gasteiger partial charge in [-0.2, -0.15) is 0 Å². The maximum Gasteiger partial charge on any atom is 0.340 e. The Bertz CT molecular complexity index is 3020. The van der Waals surface area contributed by atoms with Crippen LogP contribution in [0.4, 0.5) is 0 Å². The fraction of sp³-hybridized carbons (Fsp3) is 0.220. The average Bonchev–Trinajstić information content (AvgIpc) is 3.61. The van der Waals surface area contributed by atoms with Crippen LogP contribution in [-0.4, -0.2) is 156 Å². The number of carbonyl (C=O) groups is 6. The van der Waals surface area contributed by atoms with Gasteiger partial charge in [-0.25, -0.2) is 24.0 Å². The number of hydrogen-bond acceptors (Lipinski definition) is 27. The van der Waals surface area contributed by atoms with Gasteiger partial charge in [0.1, 0.15) is 12.7 Å². The summed E-state index contributed by atoms with van der Waals surface area (Å²) >= 11 is 0. The number of cyclic esters (lactones) is 1. The Morgan fingerprint density at radius 2 is 1.07 bits per heavy atom. The Hall–Kier alpha value is -8.92. The fourth-order valence-electron chi connectivity index (χ4n) is 8.26. The largest absolute Gasteiger partial charge is 0.504 e. The van der Waals surface area contributed by atoms with E-state index in [9.17, 15) is 100 Å². The van der Waals surface area contributed by atoms with Gasteiger partial charge in [0.25, 0.3) is 11.6 Å². The Balaban J connectivity index is 1.29. The van der Waals surface area contributed by atoms with Crippen LogP contribution in [0.15, 0.2) is 42.0 Å². The minimum absolute atomic E-state index is 0.182. The van der Waals surface area contributed by atoms with Crippen molar-refractivity contribution in [1.82, 2.24) is 0 Å². The van der Waals surface area contributed by atoms with Crippen molar-refractivity contribution in [2.75, 3.05) is 6.61 Å². The highest BCUT2D eigenvalue weighted by Crippen LogP contribution is 2.60. The van der Waals surface area contributed by atoms with Crippen LogP contribution in [0.5, 0.6) is 69.0 Å². The van der Waals surface area contributed by atoms with Crippen molar-refractivity contribution in [3.63, 3.8) is 0 Å². The summed E-state index contributed by atoms with van der Waals surface area (Å²) in [5, 5.41) is 150. The molecule has 27 heteroatoms. The van der Waals surface area contributed by atoms with Gasteiger partial charge in [-0.05, 0) is 36.4 Å². The molecule has 4 bridgehead atoms. The lowest BCUT2D eigenvalue weighted by Gasteiger charge is -2.44. The third-order valence-corrected chi connectivity index (χ3v) is 11.5. The number of fused-ring (bicyclic) bond motifs is 3. The molecule has 27 nitrogen and oxygen atoms in total. The highest BCUT2D eigenvalue weighted by Gasteiger charge is 2.70. The molecule has 4 aliphatic heterocycles. The Morgan fingerprint density at radius 1 is 0.574 bits per heavy atom. The second kappa shape index (κ2) is 14.8. The Morgan fingerprint density at radius 3 is 1.68 bits per heavy atom. The van der Waals surface area contributed by atoms with Crippen molar-refractivity contribution in [3.8, 4) is 80.1 Å². The number of phenolic OH excluding ortho intramolecular Hbond substituents is 11. The van der Waals surface area contributed by atoms with Gasteiger partial charge in [0, 0.05) is 16.7 Å². The maximum absolute atomic E-state index is 14.6. The highest BCUT2D eigenvalue weighted by molar-refractivity contribution is 6.09. The minimum Gasteiger partial charge on any atom is -0.504 e. The summed E-state index contributed by atoms with van der Waals surface area (Å²) in [5.41, 5.74) is -8.23. The third kappa shape index (κ3) is 6.21. The summed E-state index contributed by atoms with van der Waals surface area (Å²) in [6.45, 7) is -1.29. The van der Waals surface area contributed by atoms with Crippen LogP contribution >= 0.6 is 0 Å². The molecule has 0 amide bonds. The molecule has 0 saturated carbocycles. The number of aliphatic hydroxyl groups is 3. The van der Waals surface area contributed by atoms with Crippen LogP contribution in [-0.2, 0) is 38.0 Å². The van der Waals surface area contributed by atoms with E-state index in [0.717, 1.165) is 0 Å². The molecule has 9 rings (SSSR count). The number of rotatable bonds is 2. The normalized spacial score (nSPS) is 25.7. The van der Waals surface area contributed by atoms with Crippen LogP contribution in [0, 0.1) is 0 Å². The lowest BCUT2D eigenvalue weighted by atomic mass is 9.74. The molecule has 1 saturated heterocycles. The second-order valence-corrected chi connectivity index (χ2v) is 15.5. The molecule has 0 radical (unpaired) electrons. The molecule has 5 aliphatic rings. The summed E-state index contributed by atoms with van der Waals surface area (Å²) in [4.78, 5) is 84.7. The molecule has 4 heterocycles. The summed E-state index contributed by atoms with van der Waals surface area (Å²) in [7, 11) is 0. The van der Waals surface area contributed by atoms with Crippen LogP contribution in [0.3, 0.4) is 0 Å². The molecule has 14 N–H and O–H groups in total. The molecule has 0 spiro atoms. The average molecular weight is 953 g/mol. The summed E-state index contributed by atoms with van der Waals surface area (Å²) < 4.78 is 39.1. The van der Waals surface area contributed by atoms with Crippen molar-refractivity contribution in [1.29, 1.82) is 0 Å². The number of ketones is 1. The molecule has 1 aliphatic carbocycles. The molecule has 4 aromatic carbocycles. The smallest absolute Gasteiger partial charge is 0.340 e. The van der Waals surface area contributed by atoms with E-state index in [2.05, 4.69) is 0 Å². The van der Waals surface area contributed by atoms with E-state index >= 15 is 0 Å². The molecule has 7 atom stereocenters. The van der Waals surface area contributed by atoms with E-state index < -0.39 is 204 Å². The van der Waals surface area contributed by atoms with E-state index in [0.29, 0.717) is 30.3 Å². The van der Waals surface area contributed by atoms with Crippen LogP contribution in [0.2, 0.25) is 0 Å². The molecule has 1 fully saturated rings. The molecule has 68 heavy (non-hydrogen) atoms. The van der Waals surface area contributed by atoms with Gasteiger partial charge < -0.3 is 105 Å². The molecule has 2 unspecified atom stereocenters. The van der Waals surface area contributed by atoms with Crippen LogP contribution in [0.1, 0.15) is 52.9 Å². The van der Waals surface area contributed by atoms with Crippen LogP contribution < -0.4 is 4.74 Å². The molecule has 0 aromatic heterocycles. The monoisotopic (exact) mass is 952 g/mol. The van der Waals surface area contributed by atoms with Gasteiger partial charge in [0.15, 0.2) is 64.0 Å². The van der Waals surface area contributed by atoms with Crippen LogP contribution in [0.25, 0.3) is 11.1 Å². The molecular formula is C41H28O27. The predicted molar refractivity (Wildman–Crippen MR) is 204 cm³/mol.